The molecule has 2 aromatic rings. The first-order chi connectivity index (χ1) is 9.22. The van der Waals surface area contributed by atoms with Crippen LogP contribution >= 0.6 is 11.6 Å². The van der Waals surface area contributed by atoms with Gasteiger partial charge in [-0.05, 0) is 31.6 Å². The molecule has 1 saturated carbocycles. The van der Waals surface area contributed by atoms with E-state index in [4.69, 9.17) is 11.6 Å². The monoisotopic (exact) mass is 279 g/mol. The highest BCUT2D eigenvalue weighted by molar-refractivity contribution is 6.18. The minimum Gasteiger partial charge on any atom is -0.360 e. The van der Waals surface area contributed by atoms with E-state index in [1.807, 2.05) is 10.6 Å². The van der Waals surface area contributed by atoms with Gasteiger partial charge in [0, 0.05) is 18.3 Å². The lowest BCUT2D eigenvalue weighted by Crippen LogP contribution is -2.43. The maximum atomic E-state index is 6.23. The summed E-state index contributed by atoms with van der Waals surface area (Å²) in [6.45, 7) is 2.30. The molecule has 1 N–H and O–H groups in total. The third-order valence-corrected chi connectivity index (χ3v) is 4.60. The Hall–Kier alpha value is -1.36. The number of hydrogen-bond acceptors (Lipinski definition) is 4. The Labute approximate surface area is 117 Å². The number of fused-ring (bicyclic) bond motifs is 1. The normalized spacial score (nSPS) is 27.6. The van der Waals surface area contributed by atoms with Crippen LogP contribution in [0.4, 0.5) is 5.82 Å². The summed E-state index contributed by atoms with van der Waals surface area (Å²) in [4.78, 5) is 4.39. The smallest absolute Gasteiger partial charge is 0.203 e. The second kappa shape index (κ2) is 4.96. The number of hydrogen-bond donors (Lipinski definition) is 1. The van der Waals surface area contributed by atoms with Crippen molar-refractivity contribution in [2.24, 2.45) is 5.92 Å². The van der Waals surface area contributed by atoms with Gasteiger partial charge >= 0.3 is 0 Å². The van der Waals surface area contributed by atoms with Crippen LogP contribution in [0.1, 0.15) is 32.6 Å². The van der Waals surface area contributed by atoms with Crippen molar-refractivity contribution in [3.63, 3.8) is 0 Å². The van der Waals surface area contributed by atoms with Gasteiger partial charge in [0.05, 0.1) is 5.54 Å². The molecule has 0 aliphatic heterocycles. The molecule has 0 amide bonds. The van der Waals surface area contributed by atoms with Crippen LogP contribution in [0.15, 0.2) is 18.7 Å². The molecular formula is C13H18ClN5. The van der Waals surface area contributed by atoms with E-state index in [0.717, 1.165) is 30.2 Å². The van der Waals surface area contributed by atoms with Gasteiger partial charge in [0.25, 0.3) is 0 Å². The Morgan fingerprint density at radius 1 is 1.47 bits per heavy atom. The number of rotatable bonds is 3. The van der Waals surface area contributed by atoms with Gasteiger partial charge in [-0.2, -0.15) is 0 Å². The number of nitrogens with one attached hydrogen (secondary N) is 1. The van der Waals surface area contributed by atoms with Crippen LogP contribution in [0, 0.1) is 5.92 Å². The first-order valence-corrected chi connectivity index (χ1v) is 7.24. The molecule has 2 heterocycles. The molecule has 2 aromatic heterocycles. The third-order valence-electron chi connectivity index (χ3n) is 4.09. The van der Waals surface area contributed by atoms with Gasteiger partial charge in [-0.3, -0.25) is 4.40 Å². The Balaban J connectivity index is 1.88. The van der Waals surface area contributed by atoms with Crippen molar-refractivity contribution < 1.29 is 0 Å². The summed E-state index contributed by atoms with van der Waals surface area (Å²) in [6.07, 6.45) is 9.84. The lowest BCUT2D eigenvalue weighted by Gasteiger charge is -2.39. The summed E-state index contributed by atoms with van der Waals surface area (Å²) in [7, 11) is 0. The van der Waals surface area contributed by atoms with Crippen LogP contribution in [-0.2, 0) is 0 Å². The summed E-state index contributed by atoms with van der Waals surface area (Å²) in [6, 6.07) is 0. The van der Waals surface area contributed by atoms with E-state index in [2.05, 4.69) is 27.4 Å². The zero-order valence-electron chi connectivity index (χ0n) is 11.0. The third kappa shape index (κ3) is 2.39. The molecule has 6 heteroatoms. The first-order valence-electron chi connectivity index (χ1n) is 6.71. The van der Waals surface area contributed by atoms with Crippen LogP contribution < -0.4 is 5.32 Å². The lowest BCUT2D eigenvalue weighted by atomic mass is 9.78. The Morgan fingerprint density at radius 3 is 3.00 bits per heavy atom. The molecule has 1 aliphatic rings. The average Bonchev–Trinajstić information content (AvgIpc) is 2.91. The van der Waals surface area contributed by atoms with Crippen LogP contribution in [0.25, 0.3) is 5.65 Å². The minimum absolute atomic E-state index is 0.0607. The molecule has 0 aromatic carbocycles. The molecule has 0 radical (unpaired) electrons. The molecule has 0 unspecified atom stereocenters. The second-order valence-corrected chi connectivity index (χ2v) is 5.83. The van der Waals surface area contributed by atoms with Gasteiger partial charge in [-0.25, -0.2) is 4.98 Å². The van der Waals surface area contributed by atoms with Gasteiger partial charge in [0.1, 0.15) is 6.33 Å². The fourth-order valence-corrected chi connectivity index (χ4v) is 3.04. The molecule has 3 rings (SSSR count). The van der Waals surface area contributed by atoms with Crippen LogP contribution in [0.5, 0.6) is 0 Å². The Morgan fingerprint density at radius 2 is 2.26 bits per heavy atom. The van der Waals surface area contributed by atoms with Gasteiger partial charge in [-0.1, -0.05) is 6.92 Å². The maximum absolute atomic E-state index is 6.23. The van der Waals surface area contributed by atoms with Crippen molar-refractivity contribution in [2.75, 3.05) is 11.2 Å². The molecule has 0 spiro atoms. The van der Waals surface area contributed by atoms with Crippen LogP contribution in [0.3, 0.4) is 0 Å². The highest BCUT2D eigenvalue weighted by Crippen LogP contribution is 2.35. The largest absolute Gasteiger partial charge is 0.360 e. The summed E-state index contributed by atoms with van der Waals surface area (Å²) in [5.41, 5.74) is 0.695. The van der Waals surface area contributed by atoms with E-state index < -0.39 is 0 Å². The quantitative estimate of drug-likeness (QED) is 0.878. The van der Waals surface area contributed by atoms with Gasteiger partial charge in [-0.15, -0.1) is 21.8 Å². The number of halogens is 1. The van der Waals surface area contributed by atoms with Crippen molar-refractivity contribution in [2.45, 2.75) is 38.1 Å². The standard InChI is InChI=1S/C13H18ClN5/c1-10-2-4-13(8-14,5-3-10)17-11-12-18-16-9-19(12)7-6-15-11/h6-7,9-10H,2-5,8H2,1H3,(H,15,17). The van der Waals surface area contributed by atoms with E-state index in [1.54, 1.807) is 12.5 Å². The van der Waals surface area contributed by atoms with Crippen LogP contribution in [-0.4, -0.2) is 31.0 Å². The van der Waals surface area contributed by atoms with Crippen molar-refractivity contribution in [1.29, 1.82) is 0 Å². The molecule has 1 aliphatic carbocycles. The molecule has 0 atom stereocenters. The average molecular weight is 280 g/mol. The summed E-state index contributed by atoms with van der Waals surface area (Å²) < 4.78 is 1.86. The SMILES string of the molecule is CC1CCC(CCl)(Nc2nccn3cnnc23)CC1. The minimum atomic E-state index is -0.0607. The van der Waals surface area contributed by atoms with Gasteiger partial charge in [0.2, 0.25) is 5.65 Å². The zero-order chi connectivity index (χ0) is 13.3. The predicted octanol–water partition coefficient (Wildman–Crippen LogP) is 2.72. The molecule has 19 heavy (non-hydrogen) atoms. The van der Waals surface area contributed by atoms with Crippen LogP contribution in [0.2, 0.25) is 0 Å². The zero-order valence-corrected chi connectivity index (χ0v) is 11.8. The van der Waals surface area contributed by atoms with Crippen molar-refractivity contribution in [1.82, 2.24) is 19.6 Å². The van der Waals surface area contributed by atoms with E-state index in [1.165, 1.54) is 12.8 Å². The lowest BCUT2D eigenvalue weighted by molar-refractivity contribution is 0.286. The summed E-state index contributed by atoms with van der Waals surface area (Å²) >= 11 is 6.23. The molecule has 0 saturated heterocycles. The Kier molecular flexibility index (Phi) is 3.31. The molecule has 102 valence electrons. The molecule has 1 fully saturated rings. The number of aromatic nitrogens is 4. The molecule has 0 bridgehead atoms. The van der Waals surface area contributed by atoms with E-state index in [-0.39, 0.29) is 5.54 Å². The van der Waals surface area contributed by atoms with E-state index in [0.29, 0.717) is 5.88 Å². The Bertz CT molecular complexity index is 559. The van der Waals surface area contributed by atoms with Crippen molar-refractivity contribution in [3.05, 3.63) is 18.7 Å². The first kappa shape index (κ1) is 12.7. The maximum Gasteiger partial charge on any atom is 0.203 e. The fourth-order valence-electron chi connectivity index (χ4n) is 2.70. The molecule has 5 nitrogen and oxygen atoms in total. The summed E-state index contributed by atoms with van der Waals surface area (Å²) in [5, 5.41) is 11.6. The second-order valence-electron chi connectivity index (χ2n) is 5.56. The summed E-state index contributed by atoms with van der Waals surface area (Å²) in [5.74, 6) is 2.15. The van der Waals surface area contributed by atoms with Gasteiger partial charge in [0.15, 0.2) is 5.82 Å². The number of anilines is 1. The topological polar surface area (TPSA) is 55.1 Å². The highest BCUT2D eigenvalue weighted by Gasteiger charge is 2.34. The van der Waals surface area contributed by atoms with E-state index >= 15 is 0 Å². The number of nitrogens with zero attached hydrogens (tertiary/aromatic N) is 4. The highest BCUT2D eigenvalue weighted by atomic mass is 35.5. The molecular weight excluding hydrogens is 262 g/mol. The van der Waals surface area contributed by atoms with Crippen molar-refractivity contribution in [3.8, 4) is 0 Å². The fraction of sp³-hybridized carbons (Fsp3) is 0.615. The van der Waals surface area contributed by atoms with Crippen molar-refractivity contribution >= 4 is 23.1 Å². The number of alkyl halides is 1. The predicted molar refractivity (Wildman–Crippen MR) is 75.5 cm³/mol. The van der Waals surface area contributed by atoms with E-state index in [9.17, 15) is 0 Å². The van der Waals surface area contributed by atoms with Gasteiger partial charge < -0.3 is 5.32 Å².